The number of aliphatic hydroxyl groups is 4. The van der Waals surface area contributed by atoms with E-state index >= 15 is 0 Å². The van der Waals surface area contributed by atoms with Gasteiger partial charge in [-0.2, -0.15) is 0 Å². The molecule has 0 aromatic carbocycles. The second kappa shape index (κ2) is 107. The van der Waals surface area contributed by atoms with Crippen LogP contribution >= 0.6 is 0 Å². The maximum Gasteiger partial charge on any atom is 0.146 e. The quantitative estimate of drug-likeness (QED) is 0.0272. The Hall–Kier alpha value is -1.20. The van der Waals surface area contributed by atoms with Gasteiger partial charge in [-0.05, 0) is 45.4 Å². The Bertz CT molecular complexity index is 814. The van der Waals surface area contributed by atoms with Gasteiger partial charge in [-0.3, -0.25) is 0 Å². The molecule has 516 valence electrons. The highest BCUT2D eigenvalue weighted by molar-refractivity contribution is 4.52. The van der Waals surface area contributed by atoms with Crippen molar-refractivity contribution in [3.63, 3.8) is 0 Å². The molecule has 22 N–H and O–H groups in total. The molecule has 0 bridgehead atoms. The summed E-state index contributed by atoms with van der Waals surface area (Å²) in [5.74, 6) is 0. The first-order valence-corrected chi connectivity index (χ1v) is 30.4. The maximum atomic E-state index is 8.35. The zero-order chi connectivity index (χ0) is 62.9. The van der Waals surface area contributed by atoms with Gasteiger partial charge in [0.1, 0.15) is 6.79 Å². The fraction of sp³-hybridized carbons (Fsp3) is 1.00. The van der Waals surface area contributed by atoms with E-state index in [4.69, 9.17) is 111 Å². The Balaban J connectivity index is -0.000000207. The van der Waals surface area contributed by atoms with E-state index in [1.807, 2.05) is 6.92 Å². The molecule has 0 spiro atoms. The molecular weight excluding hydrogens is 1100 g/mol. The Morgan fingerprint density at radius 2 is 0.667 bits per heavy atom. The van der Waals surface area contributed by atoms with Crippen molar-refractivity contribution in [3.05, 3.63) is 0 Å². The van der Waals surface area contributed by atoms with Crippen molar-refractivity contribution < 1.29 is 82.0 Å². The lowest BCUT2D eigenvalue weighted by molar-refractivity contribution is -0.0711. The van der Waals surface area contributed by atoms with E-state index in [1.54, 1.807) is 14.2 Å². The van der Waals surface area contributed by atoms with Gasteiger partial charge in [0.15, 0.2) is 0 Å². The summed E-state index contributed by atoms with van der Waals surface area (Å²) in [5.41, 5.74) is 26.0. The molecule has 84 heavy (non-hydrogen) atoms. The van der Waals surface area contributed by atoms with Crippen LogP contribution in [0.15, 0.2) is 0 Å². The van der Waals surface area contributed by atoms with Crippen LogP contribution in [0.4, 0.5) is 0 Å². The lowest BCUT2D eigenvalue weighted by atomic mass is 10.4. The predicted molar refractivity (Wildman–Crippen MR) is 334 cm³/mol. The van der Waals surface area contributed by atoms with Gasteiger partial charge < -0.3 is 153 Å². The van der Waals surface area contributed by atoms with Crippen LogP contribution in [0.25, 0.3) is 0 Å². The van der Waals surface area contributed by atoms with Crippen molar-refractivity contribution in [2.45, 2.75) is 26.2 Å². The topological polar surface area (TPSA) is 427 Å². The van der Waals surface area contributed by atoms with Crippen molar-refractivity contribution in [2.24, 2.45) is 28.7 Å². The molecule has 0 saturated carbocycles. The van der Waals surface area contributed by atoms with Crippen LogP contribution in [0, 0.1) is 0 Å². The second-order valence-electron chi connectivity index (χ2n) is 16.9. The minimum Gasteiger partial charge on any atom is -0.395 e. The summed E-state index contributed by atoms with van der Waals surface area (Å²) >= 11 is 0. The van der Waals surface area contributed by atoms with Crippen molar-refractivity contribution >= 4 is 0 Å². The number of rotatable bonds is 33. The number of nitrogens with one attached hydrogen (secondary N) is 8. The Morgan fingerprint density at radius 1 is 0.333 bits per heavy atom. The first kappa shape index (κ1) is 93.9. The third-order valence-corrected chi connectivity index (χ3v) is 9.46. The number of morpholine rings is 1. The molecule has 0 aromatic heterocycles. The highest BCUT2D eigenvalue weighted by atomic mass is 16.7. The Morgan fingerprint density at radius 3 is 1.02 bits per heavy atom. The largest absolute Gasteiger partial charge is 0.395 e. The van der Waals surface area contributed by atoms with Gasteiger partial charge in [-0.25, -0.2) is 0 Å². The molecule has 0 amide bonds. The average molecular weight is 1240 g/mol. The molecule has 3 rings (SSSR count). The highest BCUT2D eigenvalue weighted by Gasteiger charge is 1.97. The SMILES string of the molecule is C1CNCCOCCOCOC1.C1COCCN1.C1COCCOCCOCCOCCN1.CCNCCO.COCCNCCOC.NCCCOCCCN.NCCNCCO.NCCOCCOCCN.OCCNCCNCCO. The van der Waals surface area contributed by atoms with Gasteiger partial charge in [0.2, 0.25) is 0 Å². The summed E-state index contributed by atoms with van der Waals surface area (Å²) in [7, 11) is 3.38. The third-order valence-electron chi connectivity index (χ3n) is 9.46. The van der Waals surface area contributed by atoms with Gasteiger partial charge in [0, 0.05) is 139 Å². The number of ether oxygens (including phenoxy) is 13. The zero-order valence-corrected chi connectivity index (χ0v) is 53.0. The van der Waals surface area contributed by atoms with E-state index in [1.165, 1.54) is 0 Å². The van der Waals surface area contributed by atoms with Crippen molar-refractivity contribution in [1.29, 1.82) is 0 Å². The van der Waals surface area contributed by atoms with Crippen LogP contribution in [0.3, 0.4) is 0 Å². The van der Waals surface area contributed by atoms with Gasteiger partial charge in [0.05, 0.1) is 159 Å². The molecule has 3 aliphatic rings. The van der Waals surface area contributed by atoms with Crippen molar-refractivity contribution in [1.82, 2.24) is 42.5 Å². The molecule has 0 radical (unpaired) electrons. The third kappa shape index (κ3) is 123. The van der Waals surface area contributed by atoms with Gasteiger partial charge >= 0.3 is 0 Å². The predicted octanol–water partition coefficient (Wildman–Crippen LogP) is -5.98. The van der Waals surface area contributed by atoms with Crippen LogP contribution in [-0.2, 0) is 61.6 Å². The fourth-order valence-corrected chi connectivity index (χ4v) is 5.24. The van der Waals surface area contributed by atoms with Crippen molar-refractivity contribution in [3.8, 4) is 0 Å². The lowest BCUT2D eigenvalue weighted by Crippen LogP contribution is -2.30. The van der Waals surface area contributed by atoms with Crippen LogP contribution in [-0.4, -0.2) is 351 Å². The minimum atomic E-state index is 0.181. The molecule has 0 unspecified atom stereocenters. The Labute approximate surface area is 508 Å². The number of likely N-dealkylation sites (N-methyl/N-ethyl adjacent to an activating group) is 1. The van der Waals surface area contributed by atoms with E-state index in [0.717, 1.165) is 170 Å². The number of methoxy groups -OCH3 is 2. The lowest BCUT2D eigenvalue weighted by Gasteiger charge is -2.10. The Kier molecular flexibility index (Phi) is 119. The van der Waals surface area contributed by atoms with Crippen molar-refractivity contribution in [2.75, 3.05) is 330 Å². The molecule has 3 aliphatic heterocycles. The molecule has 3 heterocycles. The maximum absolute atomic E-state index is 8.35. The summed E-state index contributed by atoms with van der Waals surface area (Å²) in [6, 6.07) is 0. The summed E-state index contributed by atoms with van der Waals surface area (Å²) in [4.78, 5) is 0. The molecule has 0 aliphatic carbocycles. The van der Waals surface area contributed by atoms with Gasteiger partial charge in [-0.1, -0.05) is 6.92 Å². The first-order valence-electron chi connectivity index (χ1n) is 30.4. The highest BCUT2D eigenvalue weighted by Crippen LogP contribution is 1.87. The number of hydrogen-bond donors (Lipinski definition) is 17. The summed E-state index contributed by atoms with van der Waals surface area (Å²) in [5, 5.41) is 57.7. The number of nitrogens with two attached hydrogens (primary N) is 5. The standard InChI is InChI=1S/C10H21NO4.C8H17NO3.2C6H16N2O2.C6H16N2O.C6H15NO2.C4H12N2O.C4H9NO.C4H11NO/c1-3-12-5-7-14-9-10-15-8-6-13-4-2-11-1;1-2-9-3-5-10-6-7-12-8-11-4-1;7-1-3-9-5-6-10-4-2-8;9-5-3-7-1-2-8-4-6-10;7-3-1-5-9-6-2-4-8;1-8-5-3-7-4-6-9-2;5-1-2-6-3-4-7;1-3-6-4-2-5-1;1-2-5-3-4-6/h11H,1-10H2;9H,1-8H2;1-8H2;7-10H,1-6H2;1-8H2;7H,3-6H2,1-2H3;6-7H,1-5H2;5H,1-4H2;5-6H,2-4H2,1H3. The minimum absolute atomic E-state index is 0.181. The van der Waals surface area contributed by atoms with Gasteiger partial charge in [0.25, 0.3) is 0 Å². The van der Waals surface area contributed by atoms with Crippen LogP contribution in [0.1, 0.15) is 26.2 Å². The summed E-state index contributed by atoms with van der Waals surface area (Å²) < 4.78 is 66.7. The average Bonchev–Trinajstić information content (AvgIpc) is 3.53. The molecule has 0 aromatic rings. The summed E-state index contributed by atoms with van der Waals surface area (Å²) in [6.07, 6.45) is 2.93. The van der Waals surface area contributed by atoms with Crippen LogP contribution in [0.5, 0.6) is 0 Å². The molecule has 30 heteroatoms. The van der Waals surface area contributed by atoms with E-state index in [9.17, 15) is 0 Å². The van der Waals surface area contributed by atoms with E-state index < -0.39 is 0 Å². The van der Waals surface area contributed by atoms with Crippen LogP contribution in [0.2, 0.25) is 0 Å². The molecule has 30 nitrogen and oxygen atoms in total. The second-order valence-corrected chi connectivity index (χ2v) is 16.9. The molecule has 3 saturated heterocycles. The van der Waals surface area contributed by atoms with Crippen LogP contribution < -0.4 is 71.2 Å². The van der Waals surface area contributed by atoms with E-state index in [0.29, 0.717) is 138 Å². The molecular formula is C54H133N13O17. The smallest absolute Gasteiger partial charge is 0.146 e. The number of aliphatic hydroxyl groups excluding tert-OH is 4. The van der Waals surface area contributed by atoms with E-state index in [-0.39, 0.29) is 26.4 Å². The molecule has 3 fully saturated rings. The monoisotopic (exact) mass is 1240 g/mol. The number of hydrogen-bond acceptors (Lipinski definition) is 30. The van der Waals surface area contributed by atoms with Gasteiger partial charge in [-0.15, -0.1) is 0 Å². The van der Waals surface area contributed by atoms with E-state index in [2.05, 4.69) is 42.5 Å². The summed E-state index contributed by atoms with van der Waals surface area (Å²) in [6.45, 7) is 35.3. The normalized spacial score (nSPS) is 15.4. The molecule has 0 atom stereocenters. The fourth-order valence-electron chi connectivity index (χ4n) is 5.24. The zero-order valence-electron chi connectivity index (χ0n) is 53.0. The first-order chi connectivity index (χ1) is 41.5.